The van der Waals surface area contributed by atoms with Gasteiger partial charge < -0.3 is 50.8 Å². The highest BCUT2D eigenvalue weighted by atomic mass is 16.4. The zero-order valence-electron chi connectivity index (χ0n) is 10.6. The second-order valence-corrected chi connectivity index (χ2v) is 3.86. The van der Waals surface area contributed by atoms with Gasteiger partial charge >= 0.3 is 0 Å². The van der Waals surface area contributed by atoms with E-state index in [1.807, 2.05) is 0 Å². The van der Waals surface area contributed by atoms with Crippen LogP contribution in [0.25, 0.3) is 0 Å². The molecule has 122 valence electrons. The molecule has 0 aromatic heterocycles. The Bertz CT molecular complexity index is 228. The Labute approximate surface area is 114 Å². The molecule has 10 nitrogen and oxygen atoms in total. The van der Waals surface area contributed by atoms with E-state index in [4.69, 9.17) is 46.0 Å². The maximum atomic E-state index is 9.76. The highest BCUT2D eigenvalue weighted by Crippen LogP contribution is 1.98. The average molecular weight is 302 g/mol. The largest absolute Gasteiger partial charge is 0.394 e. The second kappa shape index (κ2) is 12.1. The van der Waals surface area contributed by atoms with Crippen LogP contribution in [0.15, 0.2) is 0 Å². The predicted octanol–water partition coefficient (Wildman–Crippen LogP) is -5.69. The molecule has 0 unspecified atom stereocenters. The molecule has 10 heteroatoms. The van der Waals surface area contributed by atoms with Gasteiger partial charge in [-0.15, -0.1) is 0 Å². The Morgan fingerprint density at radius 2 is 0.950 bits per heavy atom. The van der Waals surface area contributed by atoms with E-state index in [-0.39, 0.29) is 6.29 Å². The lowest BCUT2D eigenvalue weighted by atomic mass is 10.1. The van der Waals surface area contributed by atoms with Gasteiger partial charge in [0, 0.05) is 0 Å². The molecule has 0 saturated heterocycles. The molecule has 0 rings (SSSR count). The van der Waals surface area contributed by atoms with Crippen LogP contribution >= 0.6 is 0 Å². The van der Waals surface area contributed by atoms with E-state index in [1.54, 1.807) is 0 Å². The molecular weight excluding hydrogens is 280 g/mol. The van der Waals surface area contributed by atoms with Crippen molar-refractivity contribution in [2.24, 2.45) is 0 Å². The summed E-state index contributed by atoms with van der Waals surface area (Å²) in [6.07, 6.45) is -8.92. The maximum Gasteiger partial charge on any atom is 0.151 e. The van der Waals surface area contributed by atoms with Crippen LogP contribution < -0.4 is 0 Å². The monoisotopic (exact) mass is 302 g/mol. The van der Waals surface area contributed by atoms with E-state index < -0.39 is 56.4 Å². The van der Waals surface area contributed by atoms with Gasteiger partial charge in [0.25, 0.3) is 0 Å². The summed E-state index contributed by atoms with van der Waals surface area (Å²) in [5.74, 6) is 0. The third kappa shape index (κ3) is 8.47. The van der Waals surface area contributed by atoms with Gasteiger partial charge in [0.15, 0.2) is 6.29 Å². The van der Waals surface area contributed by atoms with Gasteiger partial charge in [-0.2, -0.15) is 0 Å². The van der Waals surface area contributed by atoms with Gasteiger partial charge in [-0.25, -0.2) is 0 Å². The lowest BCUT2D eigenvalue weighted by Crippen LogP contribution is -2.41. The van der Waals surface area contributed by atoms with Crippen molar-refractivity contribution in [3.63, 3.8) is 0 Å². The molecule has 0 amide bonds. The van der Waals surface area contributed by atoms with Gasteiger partial charge in [-0.1, -0.05) is 0 Å². The molecule has 0 aromatic carbocycles. The van der Waals surface area contributed by atoms with E-state index in [0.717, 1.165) is 0 Å². The summed E-state index contributed by atoms with van der Waals surface area (Å²) in [6.45, 7) is -1.97. The molecule has 0 radical (unpaired) electrons. The molecule has 0 fully saturated rings. The fourth-order valence-electron chi connectivity index (χ4n) is 0.889. The molecule has 0 spiro atoms. The van der Waals surface area contributed by atoms with Crippen LogP contribution in [0, 0.1) is 0 Å². The fourth-order valence-corrected chi connectivity index (χ4v) is 0.889. The van der Waals surface area contributed by atoms with Gasteiger partial charge in [0.1, 0.15) is 36.6 Å². The summed E-state index contributed by atoms with van der Waals surface area (Å²) in [5.41, 5.74) is 0. The smallest absolute Gasteiger partial charge is 0.151 e. The lowest BCUT2D eigenvalue weighted by Gasteiger charge is -2.19. The molecule has 6 atom stereocenters. The van der Waals surface area contributed by atoms with E-state index >= 15 is 0 Å². The molecular formula is C10H22O10. The molecule has 0 heterocycles. The molecule has 20 heavy (non-hydrogen) atoms. The van der Waals surface area contributed by atoms with Crippen molar-refractivity contribution in [2.75, 3.05) is 19.8 Å². The lowest BCUT2D eigenvalue weighted by molar-refractivity contribution is -0.127. The first-order valence-electron chi connectivity index (χ1n) is 5.62. The van der Waals surface area contributed by atoms with Crippen molar-refractivity contribution in [2.45, 2.75) is 36.6 Å². The summed E-state index contributed by atoms with van der Waals surface area (Å²) < 4.78 is 0. The third-order valence-electron chi connectivity index (χ3n) is 2.23. The van der Waals surface area contributed by atoms with Crippen molar-refractivity contribution >= 4 is 6.29 Å². The molecule has 0 aliphatic heterocycles. The number of carbonyl (C=O) groups is 1. The quantitative estimate of drug-likeness (QED) is 0.195. The number of carbonyl (C=O) groups excluding carboxylic acids is 1. The van der Waals surface area contributed by atoms with Crippen LogP contribution in [0.1, 0.15) is 0 Å². The molecule has 9 N–H and O–H groups in total. The van der Waals surface area contributed by atoms with E-state index in [9.17, 15) is 4.79 Å². The SMILES string of the molecule is O=C[C@H](O)[C@H](O)[C@H](O)CO.OC[C@@H](O)[C@H](O)[C@@H](O)CO. The number of aldehydes is 1. The maximum absolute atomic E-state index is 9.76. The Morgan fingerprint density at radius 1 is 0.650 bits per heavy atom. The standard InChI is InChI=1S/C5H12O5.C5H10O5/c2*6-1-3(8)5(10)4(9)2-7/h3-10H,1-2H2;1,3-5,7-10H,2H2/t3-,4+,5+;3-,4+,5-/m.0/s1. The first-order chi connectivity index (χ1) is 9.26. The number of hydrogen-bond acceptors (Lipinski definition) is 10. The van der Waals surface area contributed by atoms with Crippen LogP contribution in [-0.2, 0) is 4.79 Å². The minimum absolute atomic E-state index is 0.0869. The second-order valence-electron chi connectivity index (χ2n) is 3.86. The average Bonchev–Trinajstić information content (AvgIpc) is 2.50. The topological polar surface area (TPSA) is 199 Å². The first kappa shape index (κ1) is 21.6. The third-order valence-corrected chi connectivity index (χ3v) is 2.23. The minimum Gasteiger partial charge on any atom is -0.394 e. The van der Waals surface area contributed by atoms with Crippen molar-refractivity contribution < 1.29 is 50.8 Å². The number of rotatable bonds is 8. The summed E-state index contributed by atoms with van der Waals surface area (Å²) >= 11 is 0. The fraction of sp³-hybridized carbons (Fsp3) is 0.900. The Hall–Kier alpha value is -0.690. The van der Waals surface area contributed by atoms with Crippen molar-refractivity contribution in [1.29, 1.82) is 0 Å². The van der Waals surface area contributed by atoms with Gasteiger partial charge in [0.2, 0.25) is 0 Å². The van der Waals surface area contributed by atoms with Crippen molar-refractivity contribution in [3.05, 3.63) is 0 Å². The minimum atomic E-state index is -1.64. The molecule has 0 aliphatic carbocycles. The van der Waals surface area contributed by atoms with Crippen LogP contribution in [-0.4, -0.2) is 109 Å². The highest BCUT2D eigenvalue weighted by molar-refractivity contribution is 5.56. The van der Waals surface area contributed by atoms with Crippen LogP contribution in [0.5, 0.6) is 0 Å². The molecule has 0 aromatic rings. The van der Waals surface area contributed by atoms with Crippen molar-refractivity contribution in [3.8, 4) is 0 Å². The van der Waals surface area contributed by atoms with E-state index in [0.29, 0.717) is 0 Å². The number of hydrogen-bond donors (Lipinski definition) is 9. The van der Waals surface area contributed by atoms with E-state index in [1.165, 1.54) is 0 Å². The Kier molecular flexibility index (Phi) is 13.1. The summed E-state index contributed by atoms with van der Waals surface area (Å²) in [4.78, 5) is 9.76. The van der Waals surface area contributed by atoms with Crippen molar-refractivity contribution in [1.82, 2.24) is 0 Å². The molecule has 0 bridgehead atoms. The summed E-state index contributed by atoms with van der Waals surface area (Å²) in [6, 6.07) is 0. The highest BCUT2D eigenvalue weighted by Gasteiger charge is 2.23. The first-order valence-corrected chi connectivity index (χ1v) is 5.62. The summed E-state index contributed by atoms with van der Waals surface area (Å²) in [5, 5.41) is 76.6. The van der Waals surface area contributed by atoms with Gasteiger partial charge in [0.05, 0.1) is 19.8 Å². The van der Waals surface area contributed by atoms with Crippen LogP contribution in [0.3, 0.4) is 0 Å². The zero-order chi connectivity index (χ0) is 16.3. The molecule has 0 saturated carbocycles. The Morgan fingerprint density at radius 3 is 1.20 bits per heavy atom. The van der Waals surface area contributed by atoms with Gasteiger partial charge in [-0.05, 0) is 0 Å². The van der Waals surface area contributed by atoms with Crippen LogP contribution in [0.2, 0.25) is 0 Å². The molecule has 0 aliphatic rings. The van der Waals surface area contributed by atoms with E-state index in [2.05, 4.69) is 0 Å². The number of aliphatic hydroxyl groups excluding tert-OH is 9. The summed E-state index contributed by atoms with van der Waals surface area (Å²) in [7, 11) is 0. The van der Waals surface area contributed by atoms with Crippen LogP contribution in [0.4, 0.5) is 0 Å². The predicted molar refractivity (Wildman–Crippen MR) is 63.4 cm³/mol. The normalized spacial score (nSPS) is 19.9. The number of aliphatic hydroxyl groups is 9. The Balaban J connectivity index is 0. The van der Waals surface area contributed by atoms with Gasteiger partial charge in [-0.3, -0.25) is 0 Å². The zero-order valence-corrected chi connectivity index (χ0v) is 10.6.